The van der Waals surface area contributed by atoms with E-state index in [0.717, 1.165) is 37.4 Å². The molecular weight excluding hydrogens is 244 g/mol. The molecule has 0 aromatic carbocycles. The Morgan fingerprint density at radius 1 is 1.33 bits per heavy atom. The van der Waals surface area contributed by atoms with Crippen molar-refractivity contribution in [2.45, 2.75) is 40.3 Å². The molecule has 5 heteroatoms. The molecule has 0 atom stereocenters. The maximum absolute atomic E-state index is 4.45. The fourth-order valence-electron chi connectivity index (χ4n) is 1.95. The van der Waals surface area contributed by atoms with E-state index in [0.29, 0.717) is 0 Å². The van der Waals surface area contributed by atoms with Crippen LogP contribution in [0.15, 0.2) is 11.6 Å². The highest BCUT2D eigenvalue weighted by atomic mass is 32.1. The van der Waals surface area contributed by atoms with Crippen LogP contribution in [0.3, 0.4) is 0 Å². The van der Waals surface area contributed by atoms with E-state index >= 15 is 0 Å². The van der Waals surface area contributed by atoms with Crippen LogP contribution in [0.2, 0.25) is 0 Å². The van der Waals surface area contributed by atoms with Gasteiger partial charge in [-0.25, -0.2) is 4.98 Å². The summed E-state index contributed by atoms with van der Waals surface area (Å²) in [6, 6.07) is 2.12. The molecule has 0 aliphatic rings. The lowest BCUT2D eigenvalue weighted by molar-refractivity contribution is 0.533. The lowest BCUT2D eigenvalue weighted by atomic mass is 10.3. The molecule has 2 rings (SSSR count). The van der Waals surface area contributed by atoms with Gasteiger partial charge in [-0.15, -0.1) is 11.3 Å². The summed E-state index contributed by atoms with van der Waals surface area (Å²) in [5.41, 5.74) is 5.39. The lowest BCUT2D eigenvalue weighted by Crippen LogP contribution is -2.17. The van der Waals surface area contributed by atoms with Crippen molar-refractivity contribution in [3.8, 4) is 0 Å². The Hall–Kier alpha value is -1.20. The number of thiazole rings is 1. The normalized spacial score (nSPS) is 11.1. The highest BCUT2D eigenvalue weighted by Crippen LogP contribution is 2.11. The Morgan fingerprint density at radius 3 is 2.78 bits per heavy atom. The van der Waals surface area contributed by atoms with Gasteiger partial charge < -0.3 is 5.32 Å². The van der Waals surface area contributed by atoms with Crippen LogP contribution in [-0.4, -0.2) is 21.3 Å². The predicted octanol–water partition coefficient (Wildman–Crippen LogP) is 2.44. The minimum Gasteiger partial charge on any atom is -0.312 e. The van der Waals surface area contributed by atoms with Gasteiger partial charge in [0.25, 0.3) is 0 Å². The average Bonchev–Trinajstić information content (AvgIpc) is 2.86. The van der Waals surface area contributed by atoms with Crippen LogP contribution in [-0.2, 0) is 13.1 Å². The summed E-state index contributed by atoms with van der Waals surface area (Å²) in [5.74, 6) is 0. The second-order valence-electron chi connectivity index (χ2n) is 4.54. The summed E-state index contributed by atoms with van der Waals surface area (Å²) in [6.45, 7) is 9.11. The summed E-state index contributed by atoms with van der Waals surface area (Å²) in [5, 5.41) is 7.91. The molecule has 0 saturated carbocycles. The highest BCUT2D eigenvalue weighted by molar-refractivity contribution is 7.09. The van der Waals surface area contributed by atoms with Gasteiger partial charge in [-0.05, 0) is 39.8 Å². The molecule has 0 unspecified atom stereocenters. The van der Waals surface area contributed by atoms with Crippen molar-refractivity contribution < 1.29 is 0 Å². The Morgan fingerprint density at radius 2 is 2.17 bits per heavy atom. The van der Waals surface area contributed by atoms with Gasteiger partial charge in [0.2, 0.25) is 0 Å². The molecule has 2 heterocycles. The van der Waals surface area contributed by atoms with E-state index in [1.165, 1.54) is 10.6 Å². The zero-order valence-electron chi connectivity index (χ0n) is 11.2. The molecule has 0 saturated heterocycles. The monoisotopic (exact) mass is 264 g/mol. The van der Waals surface area contributed by atoms with Crippen molar-refractivity contribution >= 4 is 11.3 Å². The summed E-state index contributed by atoms with van der Waals surface area (Å²) in [6.07, 6.45) is 1.10. The molecule has 1 N–H and O–H groups in total. The minimum atomic E-state index is 0.924. The second kappa shape index (κ2) is 6.11. The first-order valence-corrected chi connectivity index (χ1v) is 7.15. The van der Waals surface area contributed by atoms with Crippen LogP contribution in [0.5, 0.6) is 0 Å². The van der Waals surface area contributed by atoms with Crippen molar-refractivity contribution in [3.05, 3.63) is 33.5 Å². The van der Waals surface area contributed by atoms with Gasteiger partial charge in [-0.3, -0.25) is 4.68 Å². The number of hydrogen-bond acceptors (Lipinski definition) is 4. The molecule has 0 aliphatic heterocycles. The summed E-state index contributed by atoms with van der Waals surface area (Å²) >= 11 is 1.72. The number of nitrogens with one attached hydrogen (secondary N) is 1. The Bertz CT molecular complexity index is 501. The van der Waals surface area contributed by atoms with Gasteiger partial charge in [0.05, 0.1) is 16.9 Å². The van der Waals surface area contributed by atoms with E-state index in [-0.39, 0.29) is 0 Å². The lowest BCUT2D eigenvalue weighted by Gasteiger charge is -2.05. The van der Waals surface area contributed by atoms with Gasteiger partial charge in [-0.2, -0.15) is 5.10 Å². The van der Waals surface area contributed by atoms with Crippen LogP contribution in [0.25, 0.3) is 0 Å². The summed E-state index contributed by atoms with van der Waals surface area (Å²) in [4.78, 5) is 5.58. The van der Waals surface area contributed by atoms with Crippen molar-refractivity contribution in [2.75, 3.05) is 6.54 Å². The maximum atomic E-state index is 4.45. The third kappa shape index (κ3) is 3.40. The zero-order chi connectivity index (χ0) is 13.0. The smallest absolute Gasteiger partial charge is 0.0798 e. The first-order chi connectivity index (χ1) is 8.66. The molecule has 0 radical (unpaired) electrons. The van der Waals surface area contributed by atoms with Crippen LogP contribution < -0.4 is 5.32 Å². The number of aromatic nitrogens is 3. The summed E-state index contributed by atoms with van der Waals surface area (Å²) in [7, 11) is 0. The molecule has 98 valence electrons. The zero-order valence-corrected chi connectivity index (χ0v) is 12.0. The van der Waals surface area contributed by atoms with Crippen molar-refractivity contribution in [2.24, 2.45) is 0 Å². The summed E-state index contributed by atoms with van der Waals surface area (Å²) < 4.78 is 2.08. The third-order valence-electron chi connectivity index (χ3n) is 2.96. The molecule has 0 amide bonds. The van der Waals surface area contributed by atoms with Crippen LogP contribution in [0.4, 0.5) is 0 Å². The molecule has 2 aromatic heterocycles. The molecule has 0 bridgehead atoms. The molecule has 2 aromatic rings. The van der Waals surface area contributed by atoms with E-state index in [2.05, 4.69) is 40.0 Å². The van der Waals surface area contributed by atoms with Crippen LogP contribution >= 0.6 is 11.3 Å². The van der Waals surface area contributed by atoms with Gasteiger partial charge >= 0.3 is 0 Å². The molecule has 0 aliphatic carbocycles. The first kappa shape index (κ1) is 13.2. The van der Waals surface area contributed by atoms with Crippen LogP contribution in [0.1, 0.15) is 28.4 Å². The molecule has 0 fully saturated rings. The number of aryl methyl sites for hydroxylation is 4. The molecule has 0 spiro atoms. The molecule has 4 nitrogen and oxygen atoms in total. The quantitative estimate of drug-likeness (QED) is 0.815. The van der Waals surface area contributed by atoms with Crippen molar-refractivity contribution in [1.82, 2.24) is 20.1 Å². The SMILES string of the molecule is Cc1cc(C)n(CCCNCc2scnc2C)n1. The Balaban J connectivity index is 1.67. The van der Waals surface area contributed by atoms with Crippen LogP contribution in [0, 0.1) is 20.8 Å². The molecular formula is C13H20N4S. The van der Waals surface area contributed by atoms with E-state index in [4.69, 9.17) is 0 Å². The highest BCUT2D eigenvalue weighted by Gasteiger charge is 2.01. The topological polar surface area (TPSA) is 42.7 Å². The van der Waals surface area contributed by atoms with Crippen molar-refractivity contribution in [1.29, 1.82) is 0 Å². The second-order valence-corrected chi connectivity index (χ2v) is 5.48. The van der Waals surface area contributed by atoms with Gasteiger partial charge in [0, 0.05) is 23.7 Å². The fourth-order valence-corrected chi connectivity index (χ4v) is 2.70. The minimum absolute atomic E-state index is 0.924. The third-order valence-corrected chi connectivity index (χ3v) is 3.89. The van der Waals surface area contributed by atoms with Crippen molar-refractivity contribution in [3.63, 3.8) is 0 Å². The van der Waals surface area contributed by atoms with E-state index in [9.17, 15) is 0 Å². The van der Waals surface area contributed by atoms with Gasteiger partial charge in [0.1, 0.15) is 0 Å². The van der Waals surface area contributed by atoms with E-state index in [1.54, 1.807) is 11.3 Å². The average molecular weight is 264 g/mol. The molecule has 18 heavy (non-hydrogen) atoms. The number of hydrogen-bond donors (Lipinski definition) is 1. The van der Waals surface area contributed by atoms with Gasteiger partial charge in [0.15, 0.2) is 0 Å². The first-order valence-electron chi connectivity index (χ1n) is 6.27. The van der Waals surface area contributed by atoms with E-state index < -0.39 is 0 Å². The Kier molecular flexibility index (Phi) is 4.49. The Labute approximate surface area is 112 Å². The van der Waals surface area contributed by atoms with Gasteiger partial charge in [-0.1, -0.05) is 0 Å². The maximum Gasteiger partial charge on any atom is 0.0798 e. The predicted molar refractivity (Wildman–Crippen MR) is 74.9 cm³/mol. The number of nitrogens with zero attached hydrogens (tertiary/aromatic N) is 3. The number of rotatable bonds is 6. The largest absolute Gasteiger partial charge is 0.312 e. The van der Waals surface area contributed by atoms with E-state index in [1.807, 2.05) is 12.4 Å². The fraction of sp³-hybridized carbons (Fsp3) is 0.538. The standard InChI is InChI=1S/C13H20N4S/c1-10-7-11(2)17(16-10)6-4-5-14-8-13-12(3)15-9-18-13/h7,9,14H,4-6,8H2,1-3H3.